The lowest BCUT2D eigenvalue weighted by Gasteiger charge is -2.47. The van der Waals surface area contributed by atoms with Crippen LogP contribution in [0.1, 0.15) is 50.2 Å². The highest BCUT2D eigenvalue weighted by atomic mass is 16.5. The van der Waals surface area contributed by atoms with E-state index in [0.717, 1.165) is 64.9 Å². The molecule has 1 amide bonds. The van der Waals surface area contributed by atoms with Crippen LogP contribution in [-0.2, 0) is 27.2 Å². The first kappa shape index (κ1) is 19.8. The van der Waals surface area contributed by atoms with Gasteiger partial charge in [-0.15, -0.1) is 0 Å². The fourth-order valence-electron chi connectivity index (χ4n) is 4.74. The quantitative estimate of drug-likeness (QED) is 0.698. The molecule has 0 N–H and O–H groups in total. The third-order valence-corrected chi connectivity index (χ3v) is 6.51. The molecule has 4 rings (SSSR count). The zero-order chi connectivity index (χ0) is 19.4. The van der Waals surface area contributed by atoms with E-state index in [1.807, 2.05) is 0 Å². The molecule has 8 nitrogen and oxygen atoms in total. The summed E-state index contributed by atoms with van der Waals surface area (Å²) >= 11 is 0. The van der Waals surface area contributed by atoms with Gasteiger partial charge in [-0.2, -0.15) is 4.98 Å². The van der Waals surface area contributed by atoms with E-state index in [4.69, 9.17) is 14.0 Å². The van der Waals surface area contributed by atoms with Crippen LogP contribution in [0.2, 0.25) is 0 Å². The first-order valence-electron chi connectivity index (χ1n) is 10.6. The first-order valence-corrected chi connectivity index (χ1v) is 10.6. The molecule has 3 aliphatic rings. The monoisotopic (exact) mass is 392 g/mol. The van der Waals surface area contributed by atoms with Crippen LogP contribution < -0.4 is 0 Å². The largest absolute Gasteiger partial charge is 0.384 e. The predicted octanol–water partition coefficient (Wildman–Crippen LogP) is 1.64. The molecule has 1 spiro atoms. The van der Waals surface area contributed by atoms with E-state index >= 15 is 0 Å². The molecule has 4 heterocycles. The average molecular weight is 393 g/mol. The standard InChI is InChI=1S/C20H32N4O4/c1-26-12-5-17-21-18(28-22-17)14-23-9-7-20(8-10-23)6-4-19(25)24(15-20)13-16-3-2-11-27-16/h16H,2-15H2,1H3. The summed E-state index contributed by atoms with van der Waals surface area (Å²) in [6.45, 7) is 5.84. The van der Waals surface area contributed by atoms with Crippen LogP contribution in [0, 0.1) is 5.41 Å². The summed E-state index contributed by atoms with van der Waals surface area (Å²) in [4.78, 5) is 21.3. The van der Waals surface area contributed by atoms with Crippen LogP contribution >= 0.6 is 0 Å². The first-order chi connectivity index (χ1) is 13.7. The number of piperidine rings is 2. The lowest BCUT2D eigenvalue weighted by atomic mass is 9.72. The Balaban J connectivity index is 1.27. The van der Waals surface area contributed by atoms with Crippen molar-refractivity contribution in [2.45, 2.75) is 57.6 Å². The number of amides is 1. The highest BCUT2D eigenvalue weighted by molar-refractivity contribution is 5.77. The third kappa shape index (κ3) is 4.72. The number of methoxy groups -OCH3 is 1. The summed E-state index contributed by atoms with van der Waals surface area (Å²) in [6.07, 6.45) is 7.06. The van der Waals surface area contributed by atoms with Crippen molar-refractivity contribution in [2.75, 3.05) is 46.5 Å². The number of hydrogen-bond acceptors (Lipinski definition) is 7. The Labute approximate surface area is 166 Å². The van der Waals surface area contributed by atoms with Crippen LogP contribution in [0.25, 0.3) is 0 Å². The molecule has 1 atom stereocenters. The molecule has 0 aromatic carbocycles. The molecule has 3 saturated heterocycles. The Kier molecular flexibility index (Phi) is 6.28. The van der Waals surface area contributed by atoms with E-state index in [9.17, 15) is 4.79 Å². The SMILES string of the molecule is COCCc1noc(CN2CCC3(CCC(=O)N(CC4CCCO4)C3)CC2)n1. The van der Waals surface area contributed by atoms with Gasteiger partial charge in [0.25, 0.3) is 0 Å². The van der Waals surface area contributed by atoms with E-state index in [1.165, 1.54) is 0 Å². The second-order valence-corrected chi connectivity index (χ2v) is 8.53. The van der Waals surface area contributed by atoms with Gasteiger partial charge >= 0.3 is 0 Å². The highest BCUT2D eigenvalue weighted by Gasteiger charge is 2.41. The number of rotatable bonds is 7. The van der Waals surface area contributed by atoms with E-state index in [1.54, 1.807) is 7.11 Å². The number of hydrogen-bond donors (Lipinski definition) is 0. The van der Waals surface area contributed by atoms with E-state index < -0.39 is 0 Å². The number of likely N-dealkylation sites (tertiary alicyclic amines) is 2. The van der Waals surface area contributed by atoms with Gasteiger partial charge in [0, 0.05) is 39.6 Å². The molecule has 1 aromatic heterocycles. The fraction of sp³-hybridized carbons (Fsp3) is 0.850. The lowest BCUT2D eigenvalue weighted by Crippen LogP contribution is -2.52. The maximum atomic E-state index is 12.4. The van der Waals surface area contributed by atoms with Gasteiger partial charge in [0.15, 0.2) is 5.82 Å². The van der Waals surface area contributed by atoms with Crippen LogP contribution in [0.4, 0.5) is 0 Å². The van der Waals surface area contributed by atoms with E-state index in [2.05, 4.69) is 19.9 Å². The average Bonchev–Trinajstić information content (AvgIpc) is 3.37. The minimum atomic E-state index is 0.240. The molecule has 0 bridgehead atoms. The van der Waals surface area contributed by atoms with Crippen molar-refractivity contribution < 1.29 is 18.8 Å². The molecule has 156 valence electrons. The second-order valence-electron chi connectivity index (χ2n) is 8.53. The Morgan fingerprint density at radius 3 is 2.89 bits per heavy atom. The topological polar surface area (TPSA) is 80.9 Å². The van der Waals surface area contributed by atoms with Gasteiger partial charge in [0.05, 0.1) is 19.3 Å². The van der Waals surface area contributed by atoms with Crippen molar-refractivity contribution in [3.63, 3.8) is 0 Å². The Morgan fingerprint density at radius 1 is 1.29 bits per heavy atom. The van der Waals surface area contributed by atoms with Crippen molar-refractivity contribution in [3.8, 4) is 0 Å². The zero-order valence-electron chi connectivity index (χ0n) is 16.9. The Hall–Kier alpha value is -1.51. The fourth-order valence-corrected chi connectivity index (χ4v) is 4.74. The van der Waals surface area contributed by atoms with Crippen molar-refractivity contribution in [3.05, 3.63) is 11.7 Å². The smallest absolute Gasteiger partial charge is 0.240 e. The molecule has 1 aromatic rings. The molecular weight excluding hydrogens is 360 g/mol. The molecule has 0 radical (unpaired) electrons. The summed E-state index contributed by atoms with van der Waals surface area (Å²) in [7, 11) is 1.67. The third-order valence-electron chi connectivity index (χ3n) is 6.51. The molecular formula is C20H32N4O4. The summed E-state index contributed by atoms with van der Waals surface area (Å²) in [5.41, 5.74) is 0.265. The summed E-state index contributed by atoms with van der Waals surface area (Å²) in [6, 6.07) is 0. The highest BCUT2D eigenvalue weighted by Crippen LogP contribution is 2.40. The summed E-state index contributed by atoms with van der Waals surface area (Å²) in [5, 5.41) is 4.02. The molecule has 3 fully saturated rings. The van der Waals surface area contributed by atoms with Crippen molar-refractivity contribution in [2.24, 2.45) is 5.41 Å². The maximum Gasteiger partial charge on any atom is 0.240 e. The summed E-state index contributed by atoms with van der Waals surface area (Å²) < 4.78 is 16.2. The maximum absolute atomic E-state index is 12.4. The van der Waals surface area contributed by atoms with Crippen LogP contribution in [-0.4, -0.2) is 78.5 Å². The van der Waals surface area contributed by atoms with Crippen molar-refractivity contribution >= 4 is 5.91 Å². The number of nitrogens with zero attached hydrogens (tertiary/aromatic N) is 4. The van der Waals surface area contributed by atoms with Gasteiger partial charge < -0.3 is 18.9 Å². The summed E-state index contributed by atoms with van der Waals surface area (Å²) in [5.74, 6) is 1.69. The van der Waals surface area contributed by atoms with Crippen LogP contribution in [0.5, 0.6) is 0 Å². The van der Waals surface area contributed by atoms with Gasteiger partial charge in [0.1, 0.15) is 0 Å². The molecule has 0 saturated carbocycles. The normalized spacial score (nSPS) is 25.7. The predicted molar refractivity (Wildman–Crippen MR) is 102 cm³/mol. The number of carbonyl (C=O) groups excluding carboxylic acids is 1. The second kappa shape index (κ2) is 8.88. The molecule has 0 aliphatic carbocycles. The molecule has 8 heteroatoms. The van der Waals surface area contributed by atoms with E-state index in [0.29, 0.717) is 43.6 Å². The van der Waals surface area contributed by atoms with Gasteiger partial charge in [-0.05, 0) is 50.6 Å². The van der Waals surface area contributed by atoms with Gasteiger partial charge in [0.2, 0.25) is 11.8 Å². The molecule has 1 unspecified atom stereocenters. The minimum absolute atomic E-state index is 0.240. The van der Waals surface area contributed by atoms with Crippen molar-refractivity contribution in [1.29, 1.82) is 0 Å². The van der Waals surface area contributed by atoms with Gasteiger partial charge in [-0.3, -0.25) is 9.69 Å². The van der Waals surface area contributed by atoms with E-state index in [-0.39, 0.29) is 11.5 Å². The van der Waals surface area contributed by atoms with Gasteiger partial charge in [-0.1, -0.05) is 5.16 Å². The Morgan fingerprint density at radius 2 is 2.14 bits per heavy atom. The molecule has 3 aliphatic heterocycles. The van der Waals surface area contributed by atoms with Crippen LogP contribution in [0.15, 0.2) is 4.52 Å². The van der Waals surface area contributed by atoms with Crippen molar-refractivity contribution in [1.82, 2.24) is 19.9 Å². The number of carbonyl (C=O) groups is 1. The number of aromatic nitrogens is 2. The minimum Gasteiger partial charge on any atom is -0.384 e. The van der Waals surface area contributed by atoms with Gasteiger partial charge in [-0.25, -0.2) is 0 Å². The Bertz CT molecular complexity index is 650. The molecule has 28 heavy (non-hydrogen) atoms. The zero-order valence-corrected chi connectivity index (χ0v) is 16.9. The number of ether oxygens (including phenoxy) is 2. The lowest BCUT2D eigenvalue weighted by molar-refractivity contribution is -0.141. The van der Waals surface area contributed by atoms with Crippen LogP contribution in [0.3, 0.4) is 0 Å².